The number of nitrogens with one attached hydrogen (secondary N) is 3. The van der Waals surface area contributed by atoms with Crippen LogP contribution in [-0.2, 0) is 28.8 Å². The number of nitrogens with two attached hydrogens (primary N) is 2. The highest BCUT2D eigenvalue weighted by atomic mass is 16.4. The van der Waals surface area contributed by atoms with Crippen LogP contribution in [0.5, 0.6) is 0 Å². The van der Waals surface area contributed by atoms with Crippen molar-refractivity contribution < 1.29 is 44.1 Å². The molecule has 0 aliphatic carbocycles. The zero-order chi connectivity index (χ0) is 24.0. The van der Waals surface area contributed by atoms with Gasteiger partial charge in [0.15, 0.2) is 0 Å². The van der Waals surface area contributed by atoms with Gasteiger partial charge in [-0.05, 0) is 25.8 Å². The molecule has 0 aliphatic rings. The van der Waals surface area contributed by atoms with Crippen molar-refractivity contribution in [2.75, 3.05) is 13.1 Å². The van der Waals surface area contributed by atoms with Crippen LogP contribution in [-0.4, -0.2) is 82.2 Å². The van der Waals surface area contributed by atoms with Crippen molar-refractivity contribution in [3.63, 3.8) is 0 Å². The van der Waals surface area contributed by atoms with Gasteiger partial charge in [-0.15, -0.1) is 0 Å². The molecule has 0 rings (SSSR count). The van der Waals surface area contributed by atoms with Crippen molar-refractivity contribution in [2.45, 2.75) is 56.7 Å². The van der Waals surface area contributed by atoms with Crippen molar-refractivity contribution >= 4 is 35.6 Å². The number of aliphatic carboxylic acids is 3. The lowest BCUT2D eigenvalue weighted by Gasteiger charge is -2.20. The number of amides is 3. The predicted molar refractivity (Wildman–Crippen MR) is 105 cm³/mol. The molecule has 3 unspecified atom stereocenters. The lowest BCUT2D eigenvalue weighted by atomic mass is 10.1. The number of unbranched alkanes of at least 4 members (excludes halogenated alkanes) is 1. The maximum Gasteiger partial charge on any atom is 0.326 e. The summed E-state index contributed by atoms with van der Waals surface area (Å²) in [5.41, 5.74) is 11.0. The summed E-state index contributed by atoms with van der Waals surface area (Å²) in [6, 6.07) is -4.10. The second-order valence-corrected chi connectivity index (χ2v) is 6.66. The summed E-state index contributed by atoms with van der Waals surface area (Å²) in [6.45, 7) is -0.108. The molecule has 0 spiro atoms. The highest BCUT2D eigenvalue weighted by molar-refractivity contribution is 5.93. The van der Waals surface area contributed by atoms with Gasteiger partial charge in [0.2, 0.25) is 17.7 Å². The largest absolute Gasteiger partial charge is 0.481 e. The first-order valence-electron chi connectivity index (χ1n) is 9.47. The van der Waals surface area contributed by atoms with Crippen LogP contribution < -0.4 is 27.4 Å². The summed E-state index contributed by atoms with van der Waals surface area (Å²) in [5.74, 6) is -6.90. The Morgan fingerprint density at radius 3 is 1.97 bits per heavy atom. The quantitative estimate of drug-likeness (QED) is 0.110. The molecule has 0 saturated heterocycles. The van der Waals surface area contributed by atoms with Gasteiger partial charge in [0, 0.05) is 6.42 Å². The summed E-state index contributed by atoms with van der Waals surface area (Å²) in [6.07, 6.45) is -0.184. The van der Waals surface area contributed by atoms with Crippen LogP contribution in [0.2, 0.25) is 0 Å². The average Bonchev–Trinajstić information content (AvgIpc) is 2.67. The summed E-state index contributed by atoms with van der Waals surface area (Å²) >= 11 is 0. The zero-order valence-corrected chi connectivity index (χ0v) is 16.8. The molecule has 0 radical (unpaired) electrons. The fraction of sp³-hybridized carbons (Fsp3) is 0.647. The molecule has 0 aromatic carbocycles. The zero-order valence-electron chi connectivity index (χ0n) is 16.8. The van der Waals surface area contributed by atoms with Gasteiger partial charge in [-0.2, -0.15) is 0 Å². The standard InChI is InChI=1S/C17H29N5O9/c18-6-2-1-3-9(19)15(28)20-8-12(23)21-10(4-5-13(24)25)16(29)22-11(17(30)31)7-14(26)27/h9-11H,1-8,18-19H2,(H,20,28)(H,21,23)(H,22,29)(H,24,25)(H,26,27)(H,30,31). The maximum absolute atomic E-state index is 12.3. The Bertz CT molecular complexity index is 670. The Balaban J connectivity index is 4.90. The predicted octanol–water partition coefficient (Wildman–Crippen LogP) is -3.05. The lowest BCUT2D eigenvalue weighted by molar-refractivity contribution is -0.147. The highest BCUT2D eigenvalue weighted by Crippen LogP contribution is 2.02. The number of carbonyl (C=O) groups excluding carboxylic acids is 3. The van der Waals surface area contributed by atoms with E-state index in [0.717, 1.165) is 0 Å². The fourth-order valence-corrected chi connectivity index (χ4v) is 2.37. The minimum atomic E-state index is -1.78. The average molecular weight is 447 g/mol. The monoisotopic (exact) mass is 447 g/mol. The van der Waals surface area contributed by atoms with Crippen molar-refractivity contribution in [2.24, 2.45) is 11.5 Å². The molecule has 31 heavy (non-hydrogen) atoms. The van der Waals surface area contributed by atoms with Gasteiger partial charge >= 0.3 is 17.9 Å². The Hall–Kier alpha value is -3.26. The van der Waals surface area contributed by atoms with Gasteiger partial charge in [-0.25, -0.2) is 4.79 Å². The highest BCUT2D eigenvalue weighted by Gasteiger charge is 2.28. The van der Waals surface area contributed by atoms with Crippen LogP contribution >= 0.6 is 0 Å². The molecule has 3 amide bonds. The molecule has 176 valence electrons. The molecule has 0 bridgehead atoms. The summed E-state index contributed by atoms with van der Waals surface area (Å²) in [7, 11) is 0. The van der Waals surface area contributed by atoms with Crippen LogP contribution in [0.4, 0.5) is 0 Å². The van der Waals surface area contributed by atoms with Crippen molar-refractivity contribution in [1.29, 1.82) is 0 Å². The van der Waals surface area contributed by atoms with E-state index in [4.69, 9.17) is 26.8 Å². The molecular formula is C17H29N5O9. The van der Waals surface area contributed by atoms with Crippen molar-refractivity contribution in [3.8, 4) is 0 Å². The van der Waals surface area contributed by atoms with E-state index in [2.05, 4.69) is 10.6 Å². The molecule has 0 saturated carbocycles. The number of carboxylic acids is 3. The first kappa shape index (κ1) is 27.7. The van der Waals surface area contributed by atoms with E-state index < -0.39 is 79.6 Å². The van der Waals surface area contributed by atoms with E-state index in [1.54, 1.807) is 0 Å². The van der Waals surface area contributed by atoms with Crippen molar-refractivity contribution in [1.82, 2.24) is 16.0 Å². The molecule has 0 aliphatic heterocycles. The molecule has 0 aromatic heterocycles. The van der Waals surface area contributed by atoms with E-state index in [1.165, 1.54) is 0 Å². The van der Waals surface area contributed by atoms with Crippen LogP contribution in [0, 0.1) is 0 Å². The number of carboxylic acid groups (broad SMARTS) is 3. The number of hydrogen-bond donors (Lipinski definition) is 8. The van der Waals surface area contributed by atoms with E-state index in [1.807, 2.05) is 5.32 Å². The molecular weight excluding hydrogens is 418 g/mol. The van der Waals surface area contributed by atoms with E-state index in [9.17, 15) is 28.8 Å². The van der Waals surface area contributed by atoms with Gasteiger partial charge in [0.05, 0.1) is 19.0 Å². The molecule has 14 heteroatoms. The number of hydrogen-bond acceptors (Lipinski definition) is 8. The number of rotatable bonds is 16. The van der Waals surface area contributed by atoms with Gasteiger partial charge in [-0.3, -0.25) is 24.0 Å². The Kier molecular flexibility index (Phi) is 13.1. The smallest absolute Gasteiger partial charge is 0.326 e. The Labute approximate surface area is 177 Å². The second kappa shape index (κ2) is 14.7. The minimum Gasteiger partial charge on any atom is -0.481 e. The van der Waals surface area contributed by atoms with E-state index >= 15 is 0 Å². The van der Waals surface area contributed by atoms with E-state index in [0.29, 0.717) is 25.8 Å². The van der Waals surface area contributed by atoms with Crippen molar-refractivity contribution in [3.05, 3.63) is 0 Å². The summed E-state index contributed by atoms with van der Waals surface area (Å²) in [4.78, 5) is 68.8. The fourth-order valence-electron chi connectivity index (χ4n) is 2.37. The van der Waals surface area contributed by atoms with Gasteiger partial charge < -0.3 is 42.7 Å². The van der Waals surface area contributed by atoms with Gasteiger partial charge in [-0.1, -0.05) is 6.42 Å². The SMILES string of the molecule is NCCCCC(N)C(=O)NCC(=O)NC(CCC(=O)O)C(=O)NC(CC(=O)O)C(=O)O. The van der Waals surface area contributed by atoms with Crippen LogP contribution in [0.15, 0.2) is 0 Å². The second-order valence-electron chi connectivity index (χ2n) is 6.66. The normalized spacial score (nSPS) is 13.4. The van der Waals surface area contributed by atoms with Crippen LogP contribution in [0.1, 0.15) is 38.5 Å². The molecule has 0 fully saturated rings. The van der Waals surface area contributed by atoms with Gasteiger partial charge in [0.1, 0.15) is 12.1 Å². The van der Waals surface area contributed by atoms with E-state index in [-0.39, 0.29) is 0 Å². The lowest BCUT2D eigenvalue weighted by Crippen LogP contribution is -2.54. The third-order valence-corrected chi connectivity index (χ3v) is 4.02. The first-order chi connectivity index (χ1) is 14.5. The minimum absolute atomic E-state index is 0.356. The van der Waals surface area contributed by atoms with Crippen LogP contribution in [0.25, 0.3) is 0 Å². The summed E-state index contributed by atoms with van der Waals surface area (Å²) < 4.78 is 0. The first-order valence-corrected chi connectivity index (χ1v) is 9.47. The number of carbonyl (C=O) groups is 6. The van der Waals surface area contributed by atoms with Crippen LogP contribution in [0.3, 0.4) is 0 Å². The maximum atomic E-state index is 12.3. The topological polar surface area (TPSA) is 251 Å². The third kappa shape index (κ3) is 12.8. The summed E-state index contributed by atoms with van der Waals surface area (Å²) in [5, 5.41) is 32.9. The Morgan fingerprint density at radius 2 is 1.45 bits per heavy atom. The molecule has 14 nitrogen and oxygen atoms in total. The molecule has 3 atom stereocenters. The molecule has 10 N–H and O–H groups in total. The Morgan fingerprint density at radius 1 is 0.806 bits per heavy atom. The van der Waals surface area contributed by atoms with Gasteiger partial charge in [0.25, 0.3) is 0 Å². The molecule has 0 aromatic rings. The molecule has 0 heterocycles. The third-order valence-electron chi connectivity index (χ3n) is 4.02.